The van der Waals surface area contributed by atoms with Gasteiger partial charge in [0.1, 0.15) is 21.6 Å². The Kier molecular flexibility index (Phi) is 5.17. The van der Waals surface area contributed by atoms with Crippen molar-refractivity contribution < 1.29 is 22.0 Å². The zero-order valence-corrected chi connectivity index (χ0v) is 17.2. The van der Waals surface area contributed by atoms with E-state index in [0.29, 0.717) is 32.1 Å². The number of nitrogens with zero attached hydrogens (tertiary/aromatic N) is 1. The average molecular weight is 447 g/mol. The first-order valence-corrected chi connectivity index (χ1v) is 11.1. The van der Waals surface area contributed by atoms with Crippen LogP contribution in [-0.4, -0.2) is 23.5 Å². The lowest BCUT2D eigenvalue weighted by atomic mass is 10.2. The van der Waals surface area contributed by atoms with Gasteiger partial charge in [-0.2, -0.15) is 0 Å². The summed E-state index contributed by atoms with van der Waals surface area (Å²) in [6.45, 7) is 0.273. The van der Waals surface area contributed by atoms with E-state index in [0.717, 1.165) is 0 Å². The quantitative estimate of drug-likeness (QED) is 0.471. The molecular weight excluding hydrogens is 432 g/mol. The van der Waals surface area contributed by atoms with Crippen molar-refractivity contribution in [2.24, 2.45) is 5.14 Å². The fraction of sp³-hybridized carbons (Fsp3) is 0.0526. The van der Waals surface area contributed by atoms with E-state index in [1.807, 2.05) is 0 Å². The second-order valence-electron chi connectivity index (χ2n) is 6.12. The van der Waals surface area contributed by atoms with Crippen LogP contribution in [0.4, 0.5) is 0 Å². The van der Waals surface area contributed by atoms with Crippen LogP contribution in [0.2, 0.25) is 0 Å². The summed E-state index contributed by atoms with van der Waals surface area (Å²) in [4.78, 5) is 14.6. The summed E-state index contributed by atoms with van der Waals surface area (Å²) in [6.07, 6.45) is 3.17. The number of amides is 1. The molecule has 3 heterocycles. The smallest absolute Gasteiger partial charge is 0.266 e. The van der Waals surface area contributed by atoms with Crippen LogP contribution in [-0.2, 0) is 21.4 Å². The number of hydrogen-bond acceptors (Lipinski definition) is 7. The van der Waals surface area contributed by atoms with Crippen molar-refractivity contribution in [1.29, 1.82) is 0 Å². The molecule has 1 saturated heterocycles. The number of rotatable bonds is 5. The van der Waals surface area contributed by atoms with Gasteiger partial charge < -0.3 is 8.83 Å². The number of sulfonamides is 1. The first-order chi connectivity index (χ1) is 13.8. The summed E-state index contributed by atoms with van der Waals surface area (Å²) in [5.41, 5.74) is 0.683. The summed E-state index contributed by atoms with van der Waals surface area (Å²) in [5.74, 6) is 1.44. The third-order valence-electron chi connectivity index (χ3n) is 4.14. The van der Waals surface area contributed by atoms with Crippen LogP contribution in [0.5, 0.6) is 0 Å². The third kappa shape index (κ3) is 4.20. The monoisotopic (exact) mass is 446 g/mol. The molecule has 0 bridgehead atoms. The molecule has 0 unspecified atom stereocenters. The largest absolute Gasteiger partial charge is 0.467 e. The molecule has 0 atom stereocenters. The maximum absolute atomic E-state index is 12.7. The van der Waals surface area contributed by atoms with Gasteiger partial charge in [0.25, 0.3) is 5.91 Å². The van der Waals surface area contributed by atoms with Crippen molar-refractivity contribution in [2.75, 3.05) is 0 Å². The second kappa shape index (κ2) is 7.64. The number of furan rings is 2. The summed E-state index contributed by atoms with van der Waals surface area (Å²) >= 11 is 6.50. The lowest BCUT2D eigenvalue weighted by molar-refractivity contribution is -0.122. The lowest BCUT2D eigenvalue weighted by Gasteiger charge is -2.11. The second-order valence-corrected chi connectivity index (χ2v) is 9.36. The topological polar surface area (TPSA) is 107 Å². The SMILES string of the molecule is NS(=O)(=O)c1ccc(-c2ccc(/C=C3/SC(=S)N(Cc4ccco4)C3=O)o2)cc1. The zero-order valence-electron chi connectivity index (χ0n) is 14.8. The number of thiocarbonyl (C=S) groups is 1. The fourth-order valence-corrected chi connectivity index (χ4v) is 4.47. The molecule has 1 amide bonds. The van der Waals surface area contributed by atoms with E-state index in [1.165, 1.54) is 28.8 Å². The molecule has 1 aromatic carbocycles. The number of hydrogen-bond donors (Lipinski definition) is 1. The van der Waals surface area contributed by atoms with Crippen LogP contribution >= 0.6 is 24.0 Å². The van der Waals surface area contributed by atoms with Crippen LogP contribution < -0.4 is 5.14 Å². The molecule has 10 heteroatoms. The van der Waals surface area contributed by atoms with Crippen LogP contribution in [0, 0.1) is 0 Å². The van der Waals surface area contributed by atoms with Crippen LogP contribution in [0.25, 0.3) is 17.4 Å². The van der Waals surface area contributed by atoms with Crippen molar-refractivity contribution in [1.82, 2.24) is 4.90 Å². The van der Waals surface area contributed by atoms with Gasteiger partial charge in [-0.25, -0.2) is 13.6 Å². The Bertz CT molecular complexity index is 1210. The molecule has 7 nitrogen and oxygen atoms in total. The predicted octanol–water partition coefficient (Wildman–Crippen LogP) is 3.59. The van der Waals surface area contributed by atoms with Gasteiger partial charge in [-0.1, -0.05) is 24.0 Å². The zero-order chi connectivity index (χ0) is 20.6. The third-order valence-corrected chi connectivity index (χ3v) is 6.44. The standard InChI is InChI=1S/C19H14N2O5S3/c20-29(23,24)15-6-3-12(4-7-15)16-8-5-13(26-16)10-17-18(22)21(19(27)28-17)11-14-2-1-9-25-14/h1-10H,11H2,(H2,20,23,24)/b17-10+. The molecule has 148 valence electrons. The van der Waals surface area contributed by atoms with E-state index in [9.17, 15) is 13.2 Å². The fourth-order valence-electron chi connectivity index (χ4n) is 2.72. The number of carbonyl (C=O) groups is 1. The summed E-state index contributed by atoms with van der Waals surface area (Å²) < 4.78 is 34.2. The molecule has 2 N–H and O–H groups in total. The highest BCUT2D eigenvalue weighted by Gasteiger charge is 2.32. The van der Waals surface area contributed by atoms with Gasteiger partial charge in [-0.05, 0) is 48.5 Å². The van der Waals surface area contributed by atoms with E-state index in [1.54, 1.807) is 48.7 Å². The van der Waals surface area contributed by atoms with Crippen molar-refractivity contribution >= 4 is 50.3 Å². The van der Waals surface area contributed by atoms with E-state index < -0.39 is 10.0 Å². The summed E-state index contributed by atoms with van der Waals surface area (Å²) in [6, 6.07) is 13.0. The van der Waals surface area contributed by atoms with Gasteiger partial charge in [0, 0.05) is 11.6 Å². The lowest BCUT2D eigenvalue weighted by Crippen LogP contribution is -2.27. The molecule has 0 radical (unpaired) electrons. The van der Waals surface area contributed by atoms with Gasteiger partial charge in [0.15, 0.2) is 0 Å². The molecule has 0 spiro atoms. The molecular formula is C19H14N2O5S3. The number of benzene rings is 1. The van der Waals surface area contributed by atoms with E-state index in [2.05, 4.69) is 0 Å². The minimum absolute atomic E-state index is 0.0215. The van der Waals surface area contributed by atoms with Crippen molar-refractivity contribution in [3.63, 3.8) is 0 Å². The Labute approximate surface area is 176 Å². The van der Waals surface area contributed by atoms with E-state index in [-0.39, 0.29) is 17.3 Å². The van der Waals surface area contributed by atoms with Gasteiger partial charge in [-0.15, -0.1) is 0 Å². The van der Waals surface area contributed by atoms with Crippen molar-refractivity contribution in [3.05, 3.63) is 71.2 Å². The van der Waals surface area contributed by atoms with Crippen molar-refractivity contribution in [2.45, 2.75) is 11.4 Å². The van der Waals surface area contributed by atoms with Gasteiger partial charge in [-0.3, -0.25) is 9.69 Å². The average Bonchev–Trinajstić information content (AvgIpc) is 3.40. The minimum Gasteiger partial charge on any atom is -0.467 e. The Morgan fingerprint density at radius 1 is 1.14 bits per heavy atom. The first-order valence-electron chi connectivity index (χ1n) is 8.32. The molecule has 4 rings (SSSR count). The minimum atomic E-state index is -3.75. The molecule has 3 aromatic rings. The number of thioether (sulfide) groups is 1. The molecule has 1 aliphatic heterocycles. The molecule has 29 heavy (non-hydrogen) atoms. The van der Waals surface area contributed by atoms with Crippen LogP contribution in [0.3, 0.4) is 0 Å². The first kappa shape index (κ1) is 19.6. The van der Waals surface area contributed by atoms with Crippen LogP contribution in [0.1, 0.15) is 11.5 Å². The van der Waals surface area contributed by atoms with Crippen molar-refractivity contribution in [3.8, 4) is 11.3 Å². The maximum atomic E-state index is 12.7. The maximum Gasteiger partial charge on any atom is 0.266 e. The molecule has 2 aromatic heterocycles. The Morgan fingerprint density at radius 2 is 1.90 bits per heavy atom. The molecule has 0 aliphatic carbocycles. The molecule has 1 aliphatic rings. The summed E-state index contributed by atoms with van der Waals surface area (Å²) in [7, 11) is -3.75. The highest BCUT2D eigenvalue weighted by molar-refractivity contribution is 8.26. The molecule has 1 fully saturated rings. The number of carbonyl (C=O) groups excluding carboxylic acids is 1. The van der Waals surface area contributed by atoms with E-state index in [4.69, 9.17) is 26.2 Å². The Hall–Kier alpha value is -2.66. The predicted molar refractivity (Wildman–Crippen MR) is 113 cm³/mol. The normalized spacial score (nSPS) is 16.2. The number of nitrogens with two attached hydrogens (primary N) is 1. The Morgan fingerprint density at radius 3 is 2.55 bits per heavy atom. The van der Waals surface area contributed by atoms with Gasteiger partial charge in [0.05, 0.1) is 22.6 Å². The highest BCUT2D eigenvalue weighted by Crippen LogP contribution is 2.34. The highest BCUT2D eigenvalue weighted by atomic mass is 32.2. The number of primary sulfonamides is 1. The van der Waals surface area contributed by atoms with Gasteiger partial charge >= 0.3 is 0 Å². The van der Waals surface area contributed by atoms with Crippen LogP contribution in [0.15, 0.2) is 73.4 Å². The van der Waals surface area contributed by atoms with E-state index >= 15 is 0 Å². The molecule has 0 saturated carbocycles. The Balaban J connectivity index is 1.53. The van der Waals surface area contributed by atoms with Gasteiger partial charge in [0.2, 0.25) is 10.0 Å². The summed E-state index contributed by atoms with van der Waals surface area (Å²) in [5, 5.41) is 5.11.